The van der Waals surface area contributed by atoms with E-state index in [1.807, 2.05) is 18.7 Å². The van der Waals surface area contributed by atoms with Crippen molar-refractivity contribution in [3.05, 3.63) is 0 Å². The number of carboxylic acids is 1. The molecule has 1 aliphatic heterocycles. The van der Waals surface area contributed by atoms with Gasteiger partial charge in [-0.2, -0.15) is 0 Å². The van der Waals surface area contributed by atoms with Gasteiger partial charge < -0.3 is 15.7 Å². The molecule has 0 spiro atoms. The fourth-order valence-electron chi connectivity index (χ4n) is 2.58. The molecule has 1 heterocycles. The van der Waals surface area contributed by atoms with Gasteiger partial charge >= 0.3 is 5.97 Å². The molecule has 2 atom stereocenters. The minimum Gasteiger partial charge on any atom is -0.481 e. The van der Waals surface area contributed by atoms with Crippen LogP contribution in [0.5, 0.6) is 0 Å². The first kappa shape index (κ1) is 16.0. The Labute approximate surface area is 115 Å². The van der Waals surface area contributed by atoms with Crippen LogP contribution in [0, 0.1) is 11.3 Å². The predicted octanol–water partition coefficient (Wildman–Crippen LogP) is 1.46. The second kappa shape index (κ2) is 6.89. The molecule has 0 aromatic carbocycles. The second-order valence-corrected chi connectivity index (χ2v) is 5.81. The summed E-state index contributed by atoms with van der Waals surface area (Å²) in [7, 11) is 0. The maximum Gasteiger partial charge on any atom is 0.303 e. The van der Waals surface area contributed by atoms with Gasteiger partial charge in [0.05, 0.1) is 5.41 Å². The molecule has 0 radical (unpaired) electrons. The normalized spacial score (nSPS) is 22.9. The number of carbonyl (C=O) groups is 2. The van der Waals surface area contributed by atoms with E-state index in [1.54, 1.807) is 0 Å². The lowest BCUT2D eigenvalue weighted by atomic mass is 9.84. The number of nitrogens with two attached hydrogens (primary N) is 1. The molecule has 1 aliphatic rings. The van der Waals surface area contributed by atoms with Crippen LogP contribution in [-0.4, -0.2) is 41.5 Å². The lowest BCUT2D eigenvalue weighted by Crippen LogP contribution is -2.49. The Kier molecular flexibility index (Phi) is 5.79. The number of hydrogen-bond donors (Lipinski definition) is 2. The zero-order valence-corrected chi connectivity index (χ0v) is 12.0. The van der Waals surface area contributed by atoms with Crippen LogP contribution in [0.1, 0.15) is 46.0 Å². The highest BCUT2D eigenvalue weighted by Gasteiger charge is 2.35. The molecular weight excluding hydrogens is 244 g/mol. The maximum atomic E-state index is 12.5. The predicted molar refractivity (Wildman–Crippen MR) is 73.6 cm³/mol. The summed E-state index contributed by atoms with van der Waals surface area (Å²) < 4.78 is 0. The van der Waals surface area contributed by atoms with Gasteiger partial charge in [0.15, 0.2) is 0 Å². The molecule has 1 rings (SSSR count). The van der Waals surface area contributed by atoms with Crippen LogP contribution < -0.4 is 5.73 Å². The summed E-state index contributed by atoms with van der Waals surface area (Å²) in [4.78, 5) is 25.0. The van der Waals surface area contributed by atoms with Gasteiger partial charge in [-0.1, -0.05) is 6.92 Å². The van der Waals surface area contributed by atoms with Crippen molar-refractivity contribution >= 4 is 11.9 Å². The summed E-state index contributed by atoms with van der Waals surface area (Å²) in [6.45, 7) is 5.71. The Hall–Kier alpha value is -1.10. The number of nitrogens with zero attached hydrogens (tertiary/aromatic N) is 1. The summed E-state index contributed by atoms with van der Waals surface area (Å²) in [6.07, 6.45) is 3.56. The number of carbonyl (C=O) groups excluding carboxylic acids is 1. The van der Waals surface area contributed by atoms with E-state index in [9.17, 15) is 9.59 Å². The molecule has 3 N–H and O–H groups in total. The van der Waals surface area contributed by atoms with Crippen molar-refractivity contribution in [1.82, 2.24) is 4.90 Å². The van der Waals surface area contributed by atoms with E-state index in [1.165, 1.54) is 0 Å². The third-order valence-corrected chi connectivity index (χ3v) is 4.32. The number of amides is 1. The highest BCUT2D eigenvalue weighted by atomic mass is 16.4. The Morgan fingerprint density at radius 2 is 2.16 bits per heavy atom. The van der Waals surface area contributed by atoms with Crippen LogP contribution in [0.15, 0.2) is 0 Å². The molecule has 0 saturated carbocycles. The number of hydrogen-bond acceptors (Lipinski definition) is 3. The number of piperidine rings is 1. The first-order valence-corrected chi connectivity index (χ1v) is 7.14. The van der Waals surface area contributed by atoms with Gasteiger partial charge in [0.1, 0.15) is 0 Å². The van der Waals surface area contributed by atoms with Crippen LogP contribution in [-0.2, 0) is 9.59 Å². The molecule has 19 heavy (non-hydrogen) atoms. The van der Waals surface area contributed by atoms with Gasteiger partial charge in [0.2, 0.25) is 5.91 Å². The molecule has 1 amide bonds. The standard InChI is InChI=1S/C14H26N2O3/c1-3-14(2,10-15)13(19)16-8-4-5-11(9-16)6-7-12(17)18/h11H,3-10,15H2,1-2H3,(H,17,18). The van der Waals surface area contributed by atoms with Crippen LogP contribution in [0.3, 0.4) is 0 Å². The van der Waals surface area contributed by atoms with E-state index >= 15 is 0 Å². The van der Waals surface area contributed by atoms with Gasteiger partial charge in [-0.15, -0.1) is 0 Å². The summed E-state index contributed by atoms with van der Waals surface area (Å²) in [5.74, 6) is -0.325. The summed E-state index contributed by atoms with van der Waals surface area (Å²) >= 11 is 0. The van der Waals surface area contributed by atoms with Crippen molar-refractivity contribution in [1.29, 1.82) is 0 Å². The minimum absolute atomic E-state index is 0.123. The zero-order valence-electron chi connectivity index (χ0n) is 12.0. The topological polar surface area (TPSA) is 83.6 Å². The van der Waals surface area contributed by atoms with Crippen LogP contribution in [0.4, 0.5) is 0 Å². The smallest absolute Gasteiger partial charge is 0.303 e. The highest BCUT2D eigenvalue weighted by molar-refractivity contribution is 5.82. The molecule has 0 aromatic rings. The average molecular weight is 270 g/mol. The first-order chi connectivity index (χ1) is 8.92. The summed E-state index contributed by atoms with van der Waals surface area (Å²) in [6, 6.07) is 0. The third-order valence-electron chi connectivity index (χ3n) is 4.32. The molecule has 1 fully saturated rings. The zero-order chi connectivity index (χ0) is 14.5. The summed E-state index contributed by atoms with van der Waals surface area (Å²) in [5, 5.41) is 8.73. The van der Waals surface area contributed by atoms with Crippen molar-refractivity contribution in [3.8, 4) is 0 Å². The van der Waals surface area contributed by atoms with Crippen molar-refractivity contribution < 1.29 is 14.7 Å². The quantitative estimate of drug-likeness (QED) is 0.765. The van der Waals surface area contributed by atoms with Crippen LogP contribution in [0.25, 0.3) is 0 Å². The van der Waals surface area contributed by atoms with Crippen LogP contribution in [0.2, 0.25) is 0 Å². The Morgan fingerprint density at radius 1 is 1.47 bits per heavy atom. The molecule has 5 nitrogen and oxygen atoms in total. The molecule has 1 saturated heterocycles. The minimum atomic E-state index is -0.760. The van der Waals surface area contributed by atoms with E-state index < -0.39 is 11.4 Å². The van der Waals surface area contributed by atoms with Gasteiger partial charge in [0, 0.05) is 26.1 Å². The molecule has 110 valence electrons. The van der Waals surface area contributed by atoms with Gasteiger partial charge in [-0.3, -0.25) is 9.59 Å². The van der Waals surface area contributed by atoms with E-state index in [0.29, 0.717) is 25.4 Å². The highest BCUT2D eigenvalue weighted by Crippen LogP contribution is 2.27. The third kappa shape index (κ3) is 4.20. The van der Waals surface area contributed by atoms with E-state index in [-0.39, 0.29) is 12.3 Å². The van der Waals surface area contributed by atoms with Crippen molar-refractivity contribution in [2.24, 2.45) is 17.1 Å². The van der Waals surface area contributed by atoms with Crippen molar-refractivity contribution in [3.63, 3.8) is 0 Å². The SMILES string of the molecule is CCC(C)(CN)C(=O)N1CCCC(CCC(=O)O)C1. The van der Waals surface area contributed by atoms with E-state index in [4.69, 9.17) is 10.8 Å². The maximum absolute atomic E-state index is 12.5. The monoisotopic (exact) mass is 270 g/mol. The first-order valence-electron chi connectivity index (χ1n) is 7.14. The van der Waals surface area contributed by atoms with Gasteiger partial charge in [-0.25, -0.2) is 0 Å². The Morgan fingerprint density at radius 3 is 2.68 bits per heavy atom. The molecule has 0 aliphatic carbocycles. The fourth-order valence-corrected chi connectivity index (χ4v) is 2.58. The van der Waals surface area contributed by atoms with Crippen molar-refractivity contribution in [2.45, 2.75) is 46.0 Å². The molecule has 2 unspecified atom stereocenters. The summed E-state index contributed by atoms with van der Waals surface area (Å²) in [5.41, 5.74) is 5.26. The number of aliphatic carboxylic acids is 1. The van der Waals surface area contributed by atoms with Gasteiger partial charge in [-0.05, 0) is 38.5 Å². The van der Waals surface area contributed by atoms with Gasteiger partial charge in [0.25, 0.3) is 0 Å². The van der Waals surface area contributed by atoms with E-state index in [0.717, 1.165) is 25.8 Å². The van der Waals surface area contributed by atoms with Crippen LogP contribution >= 0.6 is 0 Å². The lowest BCUT2D eigenvalue weighted by Gasteiger charge is -2.38. The number of likely N-dealkylation sites (tertiary alicyclic amines) is 1. The largest absolute Gasteiger partial charge is 0.481 e. The van der Waals surface area contributed by atoms with Crippen molar-refractivity contribution in [2.75, 3.05) is 19.6 Å². The fraction of sp³-hybridized carbons (Fsp3) is 0.857. The van der Waals surface area contributed by atoms with E-state index in [2.05, 4.69) is 0 Å². The Bertz CT molecular complexity index is 327. The molecular formula is C14H26N2O3. The molecule has 0 bridgehead atoms. The lowest BCUT2D eigenvalue weighted by molar-refractivity contribution is -0.143. The number of rotatable bonds is 6. The number of carboxylic acid groups (broad SMARTS) is 1. The molecule has 5 heteroatoms. The molecule has 0 aromatic heterocycles. The Balaban J connectivity index is 2.59. The second-order valence-electron chi connectivity index (χ2n) is 5.81. The average Bonchev–Trinajstić information content (AvgIpc) is 2.43.